The fourth-order valence-electron chi connectivity index (χ4n) is 3.77. The van der Waals surface area contributed by atoms with Crippen LogP contribution in [0.2, 0.25) is 0 Å². The third-order valence-electron chi connectivity index (χ3n) is 5.79. The number of amides is 6. The topological polar surface area (TPSA) is 186 Å². The van der Waals surface area contributed by atoms with E-state index in [0.717, 1.165) is 0 Å². The van der Waals surface area contributed by atoms with Gasteiger partial charge in [0, 0.05) is 32.4 Å². The van der Waals surface area contributed by atoms with Gasteiger partial charge in [-0.2, -0.15) is 11.8 Å². The van der Waals surface area contributed by atoms with E-state index in [9.17, 15) is 28.8 Å². The number of primary amides is 1. The molecular weight excluding hydrogens is 506 g/mol. The third-order valence-corrected chi connectivity index (χ3v) is 6.72. The van der Waals surface area contributed by atoms with E-state index < -0.39 is 24.1 Å². The van der Waals surface area contributed by atoms with Crippen LogP contribution in [-0.4, -0.2) is 98.0 Å². The summed E-state index contributed by atoms with van der Waals surface area (Å²) in [5.41, 5.74) is 5.03. The van der Waals surface area contributed by atoms with Gasteiger partial charge in [-0.1, -0.05) is 13.8 Å². The van der Waals surface area contributed by atoms with Gasteiger partial charge in [-0.15, -0.1) is 0 Å². The van der Waals surface area contributed by atoms with Crippen LogP contribution >= 0.6 is 11.8 Å². The number of rotatable bonds is 17. The van der Waals surface area contributed by atoms with Crippen molar-refractivity contribution >= 4 is 47.4 Å². The summed E-state index contributed by atoms with van der Waals surface area (Å²) in [5, 5.41) is 7.17. The summed E-state index contributed by atoms with van der Waals surface area (Å²) >= 11 is 1.34. The summed E-state index contributed by atoms with van der Waals surface area (Å²) < 4.78 is 10.4. The number of carbonyl (C=O) groups excluding carboxylic acids is 6. The lowest BCUT2D eigenvalue weighted by atomic mass is 9.89. The van der Waals surface area contributed by atoms with E-state index in [4.69, 9.17) is 15.2 Å². The molecule has 0 aromatic rings. The molecule has 1 aliphatic rings. The molecule has 5 N–H and O–H groups in total. The highest BCUT2D eigenvalue weighted by Gasteiger charge is 2.37. The smallest absolute Gasteiger partial charge is 0.407 e. The molecule has 210 valence electrons. The van der Waals surface area contributed by atoms with Crippen molar-refractivity contribution < 1.29 is 38.2 Å². The van der Waals surface area contributed by atoms with Crippen LogP contribution in [-0.2, 0) is 28.7 Å². The van der Waals surface area contributed by atoms with Gasteiger partial charge in [0.2, 0.25) is 17.7 Å². The van der Waals surface area contributed by atoms with Crippen molar-refractivity contribution in [1.82, 2.24) is 20.9 Å². The Morgan fingerprint density at radius 1 is 1.16 bits per heavy atom. The number of nitrogens with zero attached hydrogens (tertiary/aromatic N) is 1. The Morgan fingerprint density at radius 2 is 1.86 bits per heavy atom. The quantitative estimate of drug-likeness (QED) is 0.144. The van der Waals surface area contributed by atoms with E-state index in [-0.39, 0.29) is 80.4 Å². The molecule has 0 bridgehead atoms. The Kier molecular flexibility index (Phi) is 14.6. The van der Waals surface area contributed by atoms with Crippen molar-refractivity contribution in [2.75, 3.05) is 46.2 Å². The van der Waals surface area contributed by atoms with E-state index in [0.29, 0.717) is 12.8 Å². The van der Waals surface area contributed by atoms with Gasteiger partial charge < -0.3 is 31.2 Å². The summed E-state index contributed by atoms with van der Waals surface area (Å²) in [7, 11) is 1.47. The number of nitrogens with one attached hydrogen (secondary N) is 3. The number of alkyl carbamates (subject to hydrolysis) is 1. The molecule has 1 unspecified atom stereocenters. The Hall–Kier alpha value is -2.87. The van der Waals surface area contributed by atoms with Crippen LogP contribution < -0.4 is 21.7 Å². The van der Waals surface area contributed by atoms with Gasteiger partial charge in [-0.05, 0) is 25.0 Å². The van der Waals surface area contributed by atoms with Gasteiger partial charge in [0.15, 0.2) is 5.78 Å². The highest BCUT2D eigenvalue weighted by Crippen LogP contribution is 2.22. The minimum absolute atomic E-state index is 0.0496. The predicted octanol–water partition coefficient (Wildman–Crippen LogP) is 0.0142. The molecule has 3 atom stereocenters. The summed E-state index contributed by atoms with van der Waals surface area (Å²) in [6, 6.07) is -1.53. The molecular formula is C23H39N5O8S. The number of hydrogen-bond acceptors (Lipinski definition) is 9. The first-order chi connectivity index (χ1) is 17.5. The van der Waals surface area contributed by atoms with Crippen molar-refractivity contribution in [2.45, 2.75) is 50.8 Å². The molecule has 1 saturated heterocycles. The molecule has 1 aliphatic heterocycles. The number of imide groups is 1. The first-order valence-corrected chi connectivity index (χ1v) is 13.5. The normalized spacial score (nSPS) is 16.9. The lowest BCUT2D eigenvalue weighted by Gasteiger charge is -2.23. The second-order valence-corrected chi connectivity index (χ2v) is 9.88. The van der Waals surface area contributed by atoms with E-state index >= 15 is 0 Å². The number of nitrogens with two attached hydrogens (primary N) is 1. The molecule has 1 heterocycles. The zero-order valence-electron chi connectivity index (χ0n) is 21.9. The molecule has 1 fully saturated rings. The largest absolute Gasteiger partial charge is 0.447 e. The van der Waals surface area contributed by atoms with Crippen molar-refractivity contribution in [1.29, 1.82) is 0 Å². The summed E-state index contributed by atoms with van der Waals surface area (Å²) in [6.45, 7) is 4.02. The van der Waals surface area contributed by atoms with E-state index in [1.54, 1.807) is 20.1 Å². The zero-order valence-corrected chi connectivity index (χ0v) is 22.7. The second-order valence-electron chi connectivity index (χ2n) is 8.84. The van der Waals surface area contributed by atoms with Crippen LogP contribution in [0.15, 0.2) is 0 Å². The Bertz CT molecular complexity index is 825. The van der Waals surface area contributed by atoms with E-state index in [1.807, 2.05) is 0 Å². The lowest BCUT2D eigenvalue weighted by Crippen LogP contribution is -2.46. The van der Waals surface area contributed by atoms with Crippen LogP contribution in [0.3, 0.4) is 0 Å². The SMILES string of the molecule is CNC(=O)[C@H](CCCNC(N)=O)CC(=O)[C@@H](NC(=O)OCCOCCN1C(=O)CC(SC)C1=O)C(C)C. The number of urea groups is 1. The molecule has 14 heteroatoms. The van der Waals surface area contributed by atoms with Crippen molar-refractivity contribution in [2.24, 2.45) is 17.6 Å². The third kappa shape index (κ3) is 11.4. The van der Waals surface area contributed by atoms with Crippen molar-refractivity contribution in [3.63, 3.8) is 0 Å². The number of Topliss-reactive ketones (excluding diaryl/α,β-unsaturated/α-hetero) is 1. The van der Waals surface area contributed by atoms with Gasteiger partial charge in [-0.25, -0.2) is 9.59 Å². The molecule has 0 saturated carbocycles. The fourth-order valence-corrected chi connectivity index (χ4v) is 4.41. The molecule has 0 aromatic carbocycles. The van der Waals surface area contributed by atoms with Gasteiger partial charge in [0.05, 0.1) is 31.1 Å². The lowest BCUT2D eigenvalue weighted by molar-refractivity contribution is -0.139. The number of likely N-dealkylation sites (tertiary alicyclic amines) is 1. The predicted molar refractivity (Wildman–Crippen MR) is 137 cm³/mol. The molecule has 13 nitrogen and oxygen atoms in total. The van der Waals surface area contributed by atoms with Gasteiger partial charge in [-0.3, -0.25) is 24.1 Å². The highest BCUT2D eigenvalue weighted by atomic mass is 32.2. The Morgan fingerprint density at radius 3 is 2.43 bits per heavy atom. The first kappa shape index (κ1) is 32.2. The van der Waals surface area contributed by atoms with Crippen LogP contribution in [0.4, 0.5) is 9.59 Å². The van der Waals surface area contributed by atoms with E-state index in [2.05, 4.69) is 16.0 Å². The van der Waals surface area contributed by atoms with Crippen molar-refractivity contribution in [3.05, 3.63) is 0 Å². The van der Waals surface area contributed by atoms with Gasteiger partial charge in [0.25, 0.3) is 0 Å². The molecule has 1 rings (SSSR count). The molecule has 0 radical (unpaired) electrons. The molecule has 0 aliphatic carbocycles. The minimum atomic E-state index is -0.860. The van der Waals surface area contributed by atoms with Gasteiger partial charge >= 0.3 is 12.1 Å². The van der Waals surface area contributed by atoms with Crippen LogP contribution in [0.1, 0.15) is 39.5 Å². The first-order valence-electron chi connectivity index (χ1n) is 12.2. The maximum Gasteiger partial charge on any atom is 0.407 e. The molecule has 6 amide bonds. The fraction of sp³-hybridized carbons (Fsp3) is 0.739. The Labute approximate surface area is 221 Å². The maximum absolute atomic E-state index is 12.9. The van der Waals surface area contributed by atoms with Crippen LogP contribution in [0, 0.1) is 11.8 Å². The van der Waals surface area contributed by atoms with Crippen LogP contribution in [0.25, 0.3) is 0 Å². The number of hydrogen-bond donors (Lipinski definition) is 4. The molecule has 0 aromatic heterocycles. The number of carbonyl (C=O) groups is 6. The van der Waals surface area contributed by atoms with Crippen LogP contribution in [0.5, 0.6) is 0 Å². The standard InChI is InChI=1S/C23H39N5O8S/c1-14(2)19(16(29)12-15(20(31)25-3)6-5-7-26-22(24)33)27-23(34)36-11-10-35-9-8-28-18(30)13-17(37-4)21(28)32/h14-15,17,19H,5-13H2,1-4H3,(H,25,31)(H,27,34)(H3,24,26,33)/t15-,17?,19+/m1/s1. The van der Waals surface area contributed by atoms with E-state index in [1.165, 1.54) is 23.7 Å². The summed E-state index contributed by atoms with van der Waals surface area (Å²) in [4.78, 5) is 73.3. The molecule has 37 heavy (non-hydrogen) atoms. The average Bonchev–Trinajstić information content (AvgIpc) is 3.12. The second kappa shape index (κ2) is 16.8. The monoisotopic (exact) mass is 545 g/mol. The number of ether oxygens (including phenoxy) is 2. The zero-order chi connectivity index (χ0) is 28.0. The highest BCUT2D eigenvalue weighted by molar-refractivity contribution is 8.00. The summed E-state index contributed by atoms with van der Waals surface area (Å²) in [6.07, 6.45) is 1.89. The molecule has 0 spiro atoms. The van der Waals surface area contributed by atoms with Gasteiger partial charge in [0.1, 0.15) is 6.61 Å². The number of ketones is 1. The Balaban J connectivity index is 2.43. The average molecular weight is 546 g/mol. The summed E-state index contributed by atoms with van der Waals surface area (Å²) in [5.74, 6) is -1.95. The number of thioether (sulfide) groups is 1. The minimum Gasteiger partial charge on any atom is -0.447 e. The van der Waals surface area contributed by atoms with Crippen molar-refractivity contribution in [3.8, 4) is 0 Å². The maximum atomic E-state index is 12.9.